The topological polar surface area (TPSA) is 27.6 Å². The summed E-state index contributed by atoms with van der Waals surface area (Å²) in [5.41, 5.74) is 0. The number of thiophene rings is 2. The Kier molecular flexibility index (Phi) is 6.76. The first-order valence-electron chi connectivity index (χ1n) is 7.33. The second-order valence-electron chi connectivity index (χ2n) is 4.82. The molecule has 0 aliphatic heterocycles. The molecule has 2 rings (SSSR count). The summed E-state index contributed by atoms with van der Waals surface area (Å²) in [5.74, 6) is 1.01. The molecule has 0 aliphatic carbocycles. The van der Waals surface area contributed by atoms with E-state index >= 15 is 0 Å². The lowest BCUT2D eigenvalue weighted by Gasteiger charge is -2.21. The largest absolute Gasteiger partial charge is 0.357 e. The van der Waals surface area contributed by atoms with Crippen LogP contribution in [0.3, 0.4) is 0 Å². The fraction of sp³-hybridized carbons (Fsp3) is 0.438. The van der Waals surface area contributed by atoms with Gasteiger partial charge in [-0.1, -0.05) is 12.1 Å². The second kappa shape index (κ2) is 8.85. The van der Waals surface area contributed by atoms with Crippen LogP contribution in [0.5, 0.6) is 0 Å². The van der Waals surface area contributed by atoms with Crippen LogP contribution in [0.1, 0.15) is 16.7 Å². The molecule has 0 saturated carbocycles. The molecule has 0 saturated heterocycles. The van der Waals surface area contributed by atoms with Gasteiger partial charge in [-0.15, -0.1) is 22.7 Å². The first-order chi connectivity index (χ1) is 10.3. The lowest BCUT2D eigenvalue weighted by Crippen LogP contribution is -2.40. The number of nitrogens with zero attached hydrogens (tertiary/aromatic N) is 2. The van der Waals surface area contributed by atoms with Crippen molar-refractivity contribution < 1.29 is 0 Å². The zero-order chi connectivity index (χ0) is 14.9. The van der Waals surface area contributed by atoms with Crippen molar-refractivity contribution in [1.82, 2.24) is 10.2 Å². The molecule has 0 unspecified atom stereocenters. The van der Waals surface area contributed by atoms with Crippen molar-refractivity contribution in [1.29, 1.82) is 0 Å². The summed E-state index contributed by atoms with van der Waals surface area (Å²) in [5, 5.41) is 7.63. The number of aliphatic imine (C=N–C) groups is 1. The highest BCUT2D eigenvalue weighted by Crippen LogP contribution is 2.10. The summed E-state index contributed by atoms with van der Waals surface area (Å²) < 4.78 is 0. The average molecular weight is 322 g/mol. The van der Waals surface area contributed by atoms with Crippen LogP contribution in [0.4, 0.5) is 0 Å². The molecular weight excluding hydrogens is 298 g/mol. The quantitative estimate of drug-likeness (QED) is 0.624. The minimum atomic E-state index is 0.839. The number of hydrogen-bond donors (Lipinski definition) is 1. The summed E-state index contributed by atoms with van der Waals surface area (Å²) in [7, 11) is 2.11. The third-order valence-corrected chi connectivity index (χ3v) is 5.04. The van der Waals surface area contributed by atoms with Gasteiger partial charge in [0, 0.05) is 42.9 Å². The van der Waals surface area contributed by atoms with E-state index in [9.17, 15) is 0 Å². The van der Waals surface area contributed by atoms with Crippen LogP contribution in [0.2, 0.25) is 0 Å². The van der Waals surface area contributed by atoms with E-state index in [0.29, 0.717) is 0 Å². The first-order valence-corrected chi connectivity index (χ1v) is 9.09. The molecule has 1 N–H and O–H groups in total. The van der Waals surface area contributed by atoms with Gasteiger partial charge in [0.2, 0.25) is 0 Å². The maximum atomic E-state index is 4.73. The van der Waals surface area contributed by atoms with E-state index < -0.39 is 0 Å². The smallest absolute Gasteiger partial charge is 0.193 e. The number of guanidine groups is 1. The molecule has 0 atom stereocenters. The fourth-order valence-corrected chi connectivity index (χ4v) is 3.43. The molecule has 5 heteroatoms. The Labute approximate surface area is 135 Å². The van der Waals surface area contributed by atoms with E-state index in [2.05, 4.69) is 59.2 Å². The van der Waals surface area contributed by atoms with E-state index in [1.165, 1.54) is 9.75 Å². The van der Waals surface area contributed by atoms with Crippen LogP contribution in [0.25, 0.3) is 0 Å². The highest BCUT2D eigenvalue weighted by Gasteiger charge is 2.06. The maximum absolute atomic E-state index is 4.73. The van der Waals surface area contributed by atoms with Gasteiger partial charge < -0.3 is 10.2 Å². The molecule has 3 nitrogen and oxygen atoms in total. The molecule has 0 amide bonds. The standard InChI is InChI=1S/C16H23N3S2/c1-3-17-16(18-10-8-14-6-4-12-20-14)19(2)11-9-15-7-5-13-21-15/h4-7,12-13H,3,8-11H2,1-2H3,(H,17,18). The van der Waals surface area contributed by atoms with Crippen molar-refractivity contribution in [3.63, 3.8) is 0 Å². The van der Waals surface area contributed by atoms with Crippen molar-refractivity contribution in [2.75, 3.05) is 26.7 Å². The highest BCUT2D eigenvalue weighted by atomic mass is 32.1. The molecule has 0 bridgehead atoms. The van der Waals surface area contributed by atoms with Gasteiger partial charge in [0.25, 0.3) is 0 Å². The van der Waals surface area contributed by atoms with Crippen LogP contribution in [-0.4, -0.2) is 37.5 Å². The Hall–Kier alpha value is -1.33. The lowest BCUT2D eigenvalue weighted by molar-refractivity contribution is 0.487. The Morgan fingerprint density at radius 1 is 1.14 bits per heavy atom. The molecule has 114 valence electrons. The maximum Gasteiger partial charge on any atom is 0.193 e. The van der Waals surface area contributed by atoms with Gasteiger partial charge in [0.15, 0.2) is 5.96 Å². The van der Waals surface area contributed by atoms with Crippen LogP contribution in [-0.2, 0) is 12.8 Å². The molecule has 2 aromatic rings. The molecule has 0 spiro atoms. The summed E-state index contributed by atoms with van der Waals surface area (Å²) in [6.45, 7) is 4.85. The Balaban J connectivity index is 1.83. The van der Waals surface area contributed by atoms with Crippen molar-refractivity contribution in [3.05, 3.63) is 44.8 Å². The van der Waals surface area contributed by atoms with Crippen LogP contribution >= 0.6 is 22.7 Å². The van der Waals surface area contributed by atoms with E-state index in [4.69, 9.17) is 4.99 Å². The van der Waals surface area contributed by atoms with Gasteiger partial charge in [-0.25, -0.2) is 0 Å². The van der Waals surface area contributed by atoms with Gasteiger partial charge >= 0.3 is 0 Å². The minimum absolute atomic E-state index is 0.839. The van der Waals surface area contributed by atoms with Gasteiger partial charge in [0.05, 0.1) is 0 Å². The van der Waals surface area contributed by atoms with Crippen molar-refractivity contribution in [2.45, 2.75) is 19.8 Å². The SMILES string of the molecule is CCNC(=NCCc1cccs1)N(C)CCc1cccs1. The highest BCUT2D eigenvalue weighted by molar-refractivity contribution is 7.10. The number of rotatable bonds is 7. The first kappa shape index (κ1) is 16.0. The van der Waals surface area contributed by atoms with Crippen LogP contribution < -0.4 is 5.32 Å². The zero-order valence-electron chi connectivity index (χ0n) is 12.7. The third kappa shape index (κ3) is 5.52. The van der Waals surface area contributed by atoms with Gasteiger partial charge in [-0.3, -0.25) is 4.99 Å². The van der Waals surface area contributed by atoms with Crippen molar-refractivity contribution in [3.8, 4) is 0 Å². The molecule has 2 heterocycles. The number of nitrogens with one attached hydrogen (secondary N) is 1. The molecule has 2 aromatic heterocycles. The minimum Gasteiger partial charge on any atom is -0.357 e. The molecule has 0 aliphatic rings. The van der Waals surface area contributed by atoms with Gasteiger partial charge in [0.1, 0.15) is 0 Å². The Bertz CT molecular complexity index is 518. The molecule has 0 aromatic carbocycles. The van der Waals surface area contributed by atoms with E-state index in [0.717, 1.165) is 38.4 Å². The number of likely N-dealkylation sites (N-methyl/N-ethyl adjacent to an activating group) is 1. The third-order valence-electron chi connectivity index (χ3n) is 3.17. The van der Waals surface area contributed by atoms with Crippen molar-refractivity contribution in [2.24, 2.45) is 4.99 Å². The normalized spacial score (nSPS) is 11.6. The molecule has 0 radical (unpaired) electrons. The molecule has 0 fully saturated rings. The van der Waals surface area contributed by atoms with Crippen LogP contribution in [0, 0.1) is 0 Å². The summed E-state index contributed by atoms with van der Waals surface area (Å²) in [6, 6.07) is 8.58. The van der Waals surface area contributed by atoms with Crippen LogP contribution in [0.15, 0.2) is 40.0 Å². The van der Waals surface area contributed by atoms with Gasteiger partial charge in [-0.2, -0.15) is 0 Å². The summed E-state index contributed by atoms with van der Waals surface area (Å²) in [6.07, 6.45) is 2.09. The summed E-state index contributed by atoms with van der Waals surface area (Å²) >= 11 is 3.62. The zero-order valence-corrected chi connectivity index (χ0v) is 14.3. The Morgan fingerprint density at radius 2 is 1.81 bits per heavy atom. The molecular formula is C16H23N3S2. The van der Waals surface area contributed by atoms with E-state index in [1.54, 1.807) is 11.3 Å². The van der Waals surface area contributed by atoms with Gasteiger partial charge in [-0.05, 0) is 36.2 Å². The summed E-state index contributed by atoms with van der Waals surface area (Å²) in [4.78, 5) is 9.78. The van der Waals surface area contributed by atoms with E-state index in [1.807, 2.05) is 11.3 Å². The number of hydrogen-bond acceptors (Lipinski definition) is 3. The predicted octanol–water partition coefficient (Wildman–Crippen LogP) is 3.49. The van der Waals surface area contributed by atoms with Crippen molar-refractivity contribution >= 4 is 28.6 Å². The fourth-order valence-electron chi connectivity index (χ4n) is 2.04. The Morgan fingerprint density at radius 3 is 2.38 bits per heavy atom. The molecule has 21 heavy (non-hydrogen) atoms. The lowest BCUT2D eigenvalue weighted by atomic mass is 10.3. The second-order valence-corrected chi connectivity index (χ2v) is 6.88. The van der Waals surface area contributed by atoms with E-state index in [-0.39, 0.29) is 0 Å². The average Bonchev–Trinajstić information content (AvgIpc) is 3.17. The monoisotopic (exact) mass is 321 g/mol. The predicted molar refractivity (Wildman–Crippen MR) is 94.7 cm³/mol.